The number of hydrogen-bond donors (Lipinski definition) is 1. The van der Waals surface area contributed by atoms with Crippen LogP contribution in [0.3, 0.4) is 0 Å². The van der Waals surface area contributed by atoms with Crippen LogP contribution in [0.25, 0.3) is 21.5 Å². The summed E-state index contributed by atoms with van der Waals surface area (Å²) in [4.78, 5) is 0. The van der Waals surface area contributed by atoms with E-state index in [9.17, 15) is 11.8 Å². The van der Waals surface area contributed by atoms with Crippen LogP contribution >= 0.6 is 0 Å². The van der Waals surface area contributed by atoms with E-state index in [2.05, 4.69) is 39.8 Å². The van der Waals surface area contributed by atoms with Crippen LogP contribution in [-0.2, 0) is 24.7 Å². The molecule has 4 nitrogen and oxygen atoms in total. The zero-order valence-corrected chi connectivity index (χ0v) is 21.7. The van der Waals surface area contributed by atoms with E-state index in [1.807, 2.05) is 50.2 Å². The number of benzene rings is 4. The molecule has 0 amide bonds. The topological polar surface area (TPSA) is 63.6 Å². The molecule has 0 heterocycles. The Balaban J connectivity index is 2.21. The van der Waals surface area contributed by atoms with Crippen LogP contribution in [0.4, 0.5) is 0 Å². The van der Waals surface area contributed by atoms with Gasteiger partial charge in [0.2, 0.25) is 0 Å². The molecule has 0 radical (unpaired) electrons. The zero-order valence-electron chi connectivity index (χ0n) is 19.3. The first-order valence-electron chi connectivity index (χ1n) is 10.7. The molecule has 0 aliphatic carbocycles. The third-order valence-electron chi connectivity index (χ3n) is 7.04. The van der Waals surface area contributed by atoms with Gasteiger partial charge in [0.05, 0.1) is 0 Å². The van der Waals surface area contributed by atoms with E-state index >= 15 is 0 Å². The summed E-state index contributed by atoms with van der Waals surface area (Å²) in [7, 11) is -2.86. The van der Waals surface area contributed by atoms with Crippen LogP contribution in [0.15, 0.2) is 48.5 Å². The molecule has 0 spiro atoms. The van der Waals surface area contributed by atoms with Crippen molar-refractivity contribution in [2.75, 3.05) is 0 Å². The molecule has 4 rings (SSSR count). The normalized spacial score (nSPS) is 12.2. The molecule has 0 unspecified atom stereocenters. The molecule has 6 heteroatoms. The molecule has 0 saturated heterocycles. The summed E-state index contributed by atoms with van der Waals surface area (Å²) in [5, 5.41) is 5.99. The van der Waals surface area contributed by atoms with Gasteiger partial charge in [-0.15, -0.1) is 0 Å². The molecule has 32 heavy (non-hydrogen) atoms. The predicted molar refractivity (Wildman–Crippen MR) is 127 cm³/mol. The van der Waals surface area contributed by atoms with Gasteiger partial charge < -0.3 is 0 Å². The van der Waals surface area contributed by atoms with Gasteiger partial charge >= 0.3 is 193 Å². The summed E-state index contributed by atoms with van der Waals surface area (Å²) in [5.74, 6) is 0. The van der Waals surface area contributed by atoms with E-state index in [1.54, 1.807) is 0 Å². The number of rotatable bonds is 4. The summed E-state index contributed by atoms with van der Waals surface area (Å²) in [6, 6.07) is 16.1. The molecule has 0 bridgehead atoms. The molecule has 0 aliphatic heterocycles. The number of fused-ring (bicyclic) bond motifs is 2. The van der Waals surface area contributed by atoms with Crippen molar-refractivity contribution < 1.29 is 28.9 Å². The molecule has 1 N–H and O–H groups in total. The van der Waals surface area contributed by atoms with Gasteiger partial charge in [0.25, 0.3) is 0 Å². The van der Waals surface area contributed by atoms with Crippen LogP contribution in [-0.4, -0.2) is 13.2 Å². The standard InChI is InChI=1S/C26H27OSi.Cr.H2O.2O/c1-15-17(3)21-11-7-9-13-23(21)25(19(15)5)28(27)26-20(6)16(2)18(4)22-12-8-10-14-24(22)26;;;;/h7-14,28H,1-6H3;;1H2;;/q-1;+2;;;/p-1. The first kappa shape index (κ1) is 22.8. The molecular formula is C26H28CrO4Si. The predicted octanol–water partition coefficient (Wildman–Crippen LogP) is 4.37. The second-order valence-electron chi connectivity index (χ2n) is 8.57. The molecule has 4 aromatic rings. The van der Waals surface area contributed by atoms with Crippen molar-refractivity contribution in [2.24, 2.45) is 0 Å². The van der Waals surface area contributed by atoms with Crippen molar-refractivity contribution in [3.8, 4) is 0 Å². The van der Waals surface area contributed by atoms with Crippen molar-refractivity contribution in [3.05, 3.63) is 81.9 Å². The van der Waals surface area contributed by atoms with E-state index in [-0.39, 0.29) is 0 Å². The van der Waals surface area contributed by atoms with E-state index in [0.717, 1.165) is 54.2 Å². The van der Waals surface area contributed by atoms with Crippen LogP contribution in [0.1, 0.15) is 33.4 Å². The van der Waals surface area contributed by atoms with Gasteiger partial charge in [0.1, 0.15) is 0 Å². The first-order valence-corrected chi connectivity index (χ1v) is 14.4. The Morgan fingerprint density at radius 2 is 0.938 bits per heavy atom. The maximum atomic E-state index is 12.2. The van der Waals surface area contributed by atoms with E-state index < -0.39 is 22.7 Å². The molecule has 0 saturated carbocycles. The fourth-order valence-electron chi connectivity index (χ4n) is 4.90. The minimum atomic E-state index is -5.50. The Labute approximate surface area is 193 Å². The second kappa shape index (κ2) is 8.22. The van der Waals surface area contributed by atoms with Gasteiger partial charge in [-0.2, -0.15) is 0 Å². The Morgan fingerprint density at radius 1 is 0.594 bits per heavy atom. The quantitative estimate of drug-likeness (QED) is 0.437. The van der Waals surface area contributed by atoms with E-state index in [0.29, 0.717) is 0 Å². The Kier molecular flexibility index (Phi) is 5.87. The summed E-state index contributed by atoms with van der Waals surface area (Å²) in [5.41, 5.74) is 6.65. The third kappa shape index (κ3) is 3.73. The maximum absolute atomic E-state index is 12.2. The van der Waals surface area contributed by atoms with Crippen LogP contribution in [0, 0.1) is 41.5 Å². The first-order chi connectivity index (χ1) is 15.0. The van der Waals surface area contributed by atoms with Gasteiger partial charge in [-0.05, 0) is 0 Å². The minimum absolute atomic E-state index is 0.919. The van der Waals surface area contributed by atoms with E-state index in [4.69, 9.17) is 3.48 Å². The van der Waals surface area contributed by atoms with Crippen molar-refractivity contribution in [2.45, 2.75) is 41.5 Å². The summed E-state index contributed by atoms with van der Waals surface area (Å²) >= 11 is -5.50. The summed E-state index contributed by atoms with van der Waals surface area (Å²) in [6.07, 6.45) is 0. The Hall–Kier alpha value is -2.33. The fraction of sp³-hybridized carbons (Fsp3) is 0.231. The summed E-state index contributed by atoms with van der Waals surface area (Å²) in [6.45, 7) is 12.4. The van der Waals surface area contributed by atoms with Crippen molar-refractivity contribution >= 4 is 41.0 Å². The molecule has 0 atom stereocenters. The Morgan fingerprint density at radius 3 is 1.28 bits per heavy atom. The third-order valence-corrected chi connectivity index (χ3v) is 12.1. The number of aryl methyl sites for hydroxylation is 2. The van der Waals surface area contributed by atoms with E-state index in [1.165, 1.54) is 11.1 Å². The van der Waals surface area contributed by atoms with Gasteiger partial charge in [-0.1, -0.05) is 0 Å². The van der Waals surface area contributed by atoms with Gasteiger partial charge in [0, 0.05) is 0 Å². The fourth-order valence-corrected chi connectivity index (χ4v) is 9.96. The summed E-state index contributed by atoms with van der Waals surface area (Å²) < 4.78 is 40.1. The zero-order chi connectivity index (χ0) is 23.4. The Bertz CT molecular complexity index is 1390. The molecule has 166 valence electrons. The second-order valence-corrected chi connectivity index (χ2v) is 12.9. The molecule has 0 aromatic heterocycles. The molecule has 4 aromatic carbocycles. The van der Waals surface area contributed by atoms with Crippen LogP contribution in [0.5, 0.6) is 0 Å². The molecule has 0 fully saturated rings. The van der Waals surface area contributed by atoms with Crippen LogP contribution < -0.4 is 10.4 Å². The van der Waals surface area contributed by atoms with Crippen molar-refractivity contribution in [1.82, 2.24) is 0 Å². The average Bonchev–Trinajstić information content (AvgIpc) is 2.75. The van der Waals surface area contributed by atoms with Crippen LogP contribution in [0.2, 0.25) is 0 Å². The SMILES string of the molecule is Cc1c(C)c([SiH]([O][Cr](=[O])(=[O])[OH])c2c(C)c(C)c(C)c3ccccc23)c2ccccc2c1C. The van der Waals surface area contributed by atoms with Gasteiger partial charge in [0.15, 0.2) is 0 Å². The molecular weight excluding hydrogens is 456 g/mol. The van der Waals surface area contributed by atoms with Gasteiger partial charge in [-0.3, -0.25) is 0 Å². The average molecular weight is 485 g/mol. The van der Waals surface area contributed by atoms with Crippen molar-refractivity contribution in [1.29, 1.82) is 0 Å². The number of hydrogen-bond acceptors (Lipinski definition) is 3. The molecule has 0 aliphatic rings. The van der Waals surface area contributed by atoms with Crippen molar-refractivity contribution in [3.63, 3.8) is 0 Å². The van der Waals surface area contributed by atoms with Gasteiger partial charge in [-0.25, -0.2) is 0 Å². The monoisotopic (exact) mass is 484 g/mol.